The van der Waals surface area contributed by atoms with Crippen LogP contribution < -0.4 is 9.47 Å². The molecule has 0 aliphatic heterocycles. The van der Waals surface area contributed by atoms with E-state index in [0.29, 0.717) is 0 Å². The lowest BCUT2D eigenvalue weighted by Gasteiger charge is -2.11. The zero-order valence-corrected chi connectivity index (χ0v) is 17.5. The van der Waals surface area contributed by atoms with Crippen LogP contribution in [0.3, 0.4) is 0 Å². The molecule has 0 saturated heterocycles. The summed E-state index contributed by atoms with van der Waals surface area (Å²) in [4.78, 5) is 59.7. The Morgan fingerprint density at radius 3 is 1.12 bits per heavy atom. The molecule has 0 aliphatic carbocycles. The summed E-state index contributed by atoms with van der Waals surface area (Å²) in [6.45, 7) is 0. The van der Waals surface area contributed by atoms with Crippen molar-refractivity contribution >= 4 is 30.0 Å². The number of esters is 4. The SMILES string of the molecule is COC(=O)c1ccc(OC(=O)Oc2ccc(C(=O)OC)c(C(=O)OC)c2)cc1C(=O)OC. The van der Waals surface area contributed by atoms with Crippen LogP contribution in [0.1, 0.15) is 41.4 Å². The standard InChI is InChI=1S/C21H18O11/c1-27-17(22)13-7-5-11(9-15(13)19(24)29-3)31-21(26)32-12-6-8-14(18(23)28-2)16(10-12)20(25)30-4/h5-10H,1-4H3. The van der Waals surface area contributed by atoms with Gasteiger partial charge in [0.25, 0.3) is 0 Å². The second-order valence-corrected chi connectivity index (χ2v) is 5.84. The van der Waals surface area contributed by atoms with Crippen molar-refractivity contribution in [2.24, 2.45) is 0 Å². The molecule has 0 unspecified atom stereocenters. The molecule has 0 bridgehead atoms. The van der Waals surface area contributed by atoms with Crippen molar-refractivity contribution in [3.8, 4) is 11.5 Å². The molecule has 0 heterocycles. The van der Waals surface area contributed by atoms with E-state index in [9.17, 15) is 24.0 Å². The van der Waals surface area contributed by atoms with Gasteiger partial charge in [0.1, 0.15) is 11.5 Å². The minimum atomic E-state index is -1.23. The quantitative estimate of drug-likeness (QED) is 0.367. The van der Waals surface area contributed by atoms with E-state index < -0.39 is 30.0 Å². The number of carbonyl (C=O) groups excluding carboxylic acids is 5. The molecule has 0 saturated carbocycles. The van der Waals surface area contributed by atoms with Crippen molar-refractivity contribution in [3.63, 3.8) is 0 Å². The van der Waals surface area contributed by atoms with Crippen molar-refractivity contribution in [1.29, 1.82) is 0 Å². The zero-order chi connectivity index (χ0) is 23.8. The second kappa shape index (κ2) is 10.6. The third-order valence-electron chi connectivity index (χ3n) is 4.01. The average molecular weight is 446 g/mol. The van der Waals surface area contributed by atoms with Gasteiger partial charge in [-0.2, -0.15) is 0 Å². The van der Waals surface area contributed by atoms with Crippen LogP contribution in [0.25, 0.3) is 0 Å². The van der Waals surface area contributed by atoms with Crippen LogP contribution in [0, 0.1) is 0 Å². The Bertz CT molecular complexity index is 988. The highest BCUT2D eigenvalue weighted by molar-refractivity contribution is 6.04. The van der Waals surface area contributed by atoms with E-state index in [1.807, 2.05) is 0 Å². The summed E-state index contributed by atoms with van der Waals surface area (Å²) in [5.41, 5.74) is -0.581. The molecule has 11 nitrogen and oxygen atoms in total. The van der Waals surface area contributed by atoms with Gasteiger partial charge in [-0.3, -0.25) is 0 Å². The van der Waals surface area contributed by atoms with Crippen LogP contribution in [0.5, 0.6) is 11.5 Å². The van der Waals surface area contributed by atoms with Crippen LogP contribution in [0.2, 0.25) is 0 Å². The van der Waals surface area contributed by atoms with Crippen LogP contribution in [-0.2, 0) is 18.9 Å². The first-order valence-corrected chi connectivity index (χ1v) is 8.76. The van der Waals surface area contributed by atoms with Gasteiger partial charge in [-0.25, -0.2) is 24.0 Å². The van der Waals surface area contributed by atoms with Crippen LogP contribution >= 0.6 is 0 Å². The first-order valence-electron chi connectivity index (χ1n) is 8.76. The number of methoxy groups -OCH3 is 4. The molecule has 168 valence electrons. The summed E-state index contributed by atoms with van der Waals surface area (Å²) in [5, 5.41) is 0. The first kappa shape index (κ1) is 23.9. The number of benzene rings is 2. The van der Waals surface area contributed by atoms with E-state index >= 15 is 0 Å². The molecular formula is C21H18O11. The highest BCUT2D eigenvalue weighted by Crippen LogP contribution is 2.23. The molecule has 0 amide bonds. The van der Waals surface area contributed by atoms with Gasteiger partial charge in [-0.05, 0) is 36.4 Å². The predicted octanol–water partition coefficient (Wildman–Crippen LogP) is 2.41. The summed E-state index contributed by atoms with van der Waals surface area (Å²) >= 11 is 0. The number of ether oxygens (including phenoxy) is 6. The van der Waals surface area contributed by atoms with Crippen molar-refractivity contribution < 1.29 is 52.4 Å². The van der Waals surface area contributed by atoms with Gasteiger partial charge in [-0.1, -0.05) is 0 Å². The molecule has 2 aromatic carbocycles. The van der Waals surface area contributed by atoms with Gasteiger partial charge in [-0.15, -0.1) is 0 Å². The van der Waals surface area contributed by atoms with E-state index in [0.717, 1.165) is 40.6 Å². The molecule has 0 aromatic heterocycles. The molecule has 2 rings (SSSR count). The smallest absolute Gasteiger partial charge is 0.465 e. The third kappa shape index (κ3) is 5.39. The Morgan fingerprint density at radius 2 is 0.812 bits per heavy atom. The number of carbonyl (C=O) groups is 5. The van der Waals surface area contributed by atoms with E-state index in [2.05, 4.69) is 18.9 Å². The normalized spacial score (nSPS) is 9.88. The summed E-state index contributed by atoms with van der Waals surface area (Å²) in [6, 6.07) is 7.09. The first-order chi connectivity index (χ1) is 15.2. The number of rotatable bonds is 6. The van der Waals surface area contributed by atoms with Crippen LogP contribution in [-0.4, -0.2) is 58.5 Å². The lowest BCUT2D eigenvalue weighted by molar-refractivity contribution is 0.0554. The maximum atomic E-state index is 12.2. The van der Waals surface area contributed by atoms with Gasteiger partial charge in [0.2, 0.25) is 0 Å². The number of hydrogen-bond acceptors (Lipinski definition) is 11. The molecule has 2 aromatic rings. The fourth-order valence-electron chi connectivity index (χ4n) is 2.52. The molecule has 0 N–H and O–H groups in total. The highest BCUT2D eigenvalue weighted by atomic mass is 16.7. The lowest BCUT2D eigenvalue weighted by atomic mass is 10.1. The minimum Gasteiger partial charge on any atom is -0.465 e. The third-order valence-corrected chi connectivity index (χ3v) is 4.01. The monoisotopic (exact) mass is 446 g/mol. The number of hydrogen-bond donors (Lipinski definition) is 0. The maximum Gasteiger partial charge on any atom is 0.519 e. The summed E-state index contributed by atoms with van der Waals surface area (Å²) < 4.78 is 28.5. The Balaban J connectivity index is 2.27. The lowest BCUT2D eigenvalue weighted by Crippen LogP contribution is -2.17. The molecule has 0 atom stereocenters. The predicted molar refractivity (Wildman–Crippen MR) is 105 cm³/mol. The van der Waals surface area contributed by atoms with Gasteiger partial charge in [0, 0.05) is 0 Å². The van der Waals surface area contributed by atoms with Crippen LogP contribution in [0.15, 0.2) is 36.4 Å². The molecule has 32 heavy (non-hydrogen) atoms. The molecule has 0 aliphatic rings. The topological polar surface area (TPSA) is 141 Å². The van der Waals surface area contributed by atoms with Crippen LogP contribution in [0.4, 0.5) is 4.79 Å². The van der Waals surface area contributed by atoms with Crippen molar-refractivity contribution in [1.82, 2.24) is 0 Å². The summed E-state index contributed by atoms with van der Waals surface area (Å²) in [5.74, 6) is -3.57. The summed E-state index contributed by atoms with van der Waals surface area (Å²) in [6.07, 6.45) is -1.23. The Labute approximate surface area is 181 Å². The average Bonchev–Trinajstić information content (AvgIpc) is 2.81. The minimum absolute atomic E-state index is 0.0961. The van der Waals surface area contributed by atoms with Crippen molar-refractivity contribution in [2.45, 2.75) is 0 Å². The Kier molecular flexibility index (Phi) is 7.88. The van der Waals surface area contributed by atoms with Crippen molar-refractivity contribution in [2.75, 3.05) is 28.4 Å². The van der Waals surface area contributed by atoms with E-state index in [-0.39, 0.29) is 33.8 Å². The van der Waals surface area contributed by atoms with Crippen molar-refractivity contribution in [3.05, 3.63) is 58.7 Å². The van der Waals surface area contributed by atoms with Gasteiger partial charge < -0.3 is 28.4 Å². The fraction of sp³-hybridized carbons (Fsp3) is 0.190. The van der Waals surface area contributed by atoms with Gasteiger partial charge in [0.05, 0.1) is 50.7 Å². The Hall–Kier alpha value is -4.41. The maximum absolute atomic E-state index is 12.2. The molecule has 0 spiro atoms. The fourth-order valence-corrected chi connectivity index (χ4v) is 2.52. The van der Waals surface area contributed by atoms with E-state index in [1.165, 1.54) is 24.3 Å². The molecule has 0 radical (unpaired) electrons. The molecule has 11 heteroatoms. The van der Waals surface area contributed by atoms with Gasteiger partial charge in [0.15, 0.2) is 0 Å². The molecular weight excluding hydrogens is 428 g/mol. The van der Waals surface area contributed by atoms with E-state index in [4.69, 9.17) is 9.47 Å². The Morgan fingerprint density at radius 1 is 0.500 bits per heavy atom. The highest BCUT2D eigenvalue weighted by Gasteiger charge is 2.22. The second-order valence-electron chi connectivity index (χ2n) is 5.84. The summed E-state index contributed by atoms with van der Waals surface area (Å²) in [7, 11) is 4.50. The van der Waals surface area contributed by atoms with E-state index in [1.54, 1.807) is 0 Å². The largest absolute Gasteiger partial charge is 0.519 e. The van der Waals surface area contributed by atoms with Gasteiger partial charge >= 0.3 is 30.0 Å². The molecule has 0 fully saturated rings. The zero-order valence-electron chi connectivity index (χ0n) is 17.5.